The van der Waals surface area contributed by atoms with Gasteiger partial charge in [0.2, 0.25) is 0 Å². The quantitative estimate of drug-likeness (QED) is 0.253. The van der Waals surface area contributed by atoms with Crippen LogP contribution in [0, 0.1) is 0 Å². The number of halogens is 1. The molecule has 1 aliphatic rings. The van der Waals surface area contributed by atoms with Gasteiger partial charge in [0, 0.05) is 10.4 Å². The first-order chi connectivity index (χ1) is 16.5. The zero-order valence-electron chi connectivity index (χ0n) is 19.3. The van der Waals surface area contributed by atoms with Crippen LogP contribution in [0.25, 0.3) is 44.5 Å². The maximum Gasteiger partial charge on any atom is 0.0409 e. The average molecular weight is 457 g/mol. The molecule has 0 heterocycles. The van der Waals surface area contributed by atoms with E-state index in [0.717, 1.165) is 5.02 Å². The third-order valence-corrected chi connectivity index (χ3v) is 7.38. The molecule has 1 heteroatoms. The summed E-state index contributed by atoms with van der Waals surface area (Å²) in [5, 5.41) is 0.787. The number of fused-ring (bicyclic) bond motifs is 3. The summed E-state index contributed by atoms with van der Waals surface area (Å²) in [7, 11) is 0. The maximum absolute atomic E-state index is 6.48. The lowest BCUT2D eigenvalue weighted by molar-refractivity contribution is 0.662. The van der Waals surface area contributed by atoms with Gasteiger partial charge >= 0.3 is 0 Å². The zero-order chi connectivity index (χ0) is 23.3. The highest BCUT2D eigenvalue weighted by atomic mass is 35.5. The third-order valence-electron chi connectivity index (χ3n) is 7.14. The highest BCUT2D eigenvalue weighted by Crippen LogP contribution is 2.55. The van der Waals surface area contributed by atoms with Crippen molar-refractivity contribution in [1.29, 1.82) is 0 Å². The predicted molar refractivity (Wildman–Crippen MR) is 145 cm³/mol. The summed E-state index contributed by atoms with van der Waals surface area (Å²) in [4.78, 5) is 0. The molecule has 164 valence electrons. The molecule has 0 nitrogen and oxygen atoms in total. The second-order valence-corrected chi connectivity index (χ2v) is 9.97. The van der Waals surface area contributed by atoms with Crippen LogP contribution in [0.2, 0.25) is 5.02 Å². The summed E-state index contributed by atoms with van der Waals surface area (Å²) >= 11 is 6.48. The monoisotopic (exact) mass is 456 g/mol. The van der Waals surface area contributed by atoms with Gasteiger partial charge < -0.3 is 0 Å². The van der Waals surface area contributed by atoms with Gasteiger partial charge in [0.1, 0.15) is 0 Å². The minimum absolute atomic E-state index is 0.152. The summed E-state index contributed by atoms with van der Waals surface area (Å²) < 4.78 is 0. The van der Waals surface area contributed by atoms with E-state index >= 15 is 0 Å². The molecule has 0 saturated heterocycles. The van der Waals surface area contributed by atoms with Gasteiger partial charge in [0.25, 0.3) is 0 Å². The third kappa shape index (κ3) is 3.30. The SMILES string of the molecule is CC1(C)c2cc(Cl)ccc2-c2c(-c3ccc(-c4ccccc4)cc3)ccc(-c3ccccc3)c21. The molecule has 5 aromatic carbocycles. The first kappa shape index (κ1) is 21.0. The second-order valence-electron chi connectivity index (χ2n) is 9.53. The fraction of sp³-hybridized carbons (Fsp3) is 0.0909. The molecule has 6 rings (SSSR count). The Balaban J connectivity index is 1.59. The molecule has 0 fully saturated rings. The lowest BCUT2D eigenvalue weighted by Crippen LogP contribution is -2.16. The normalized spacial score (nSPS) is 13.4. The van der Waals surface area contributed by atoms with Crippen LogP contribution in [-0.2, 0) is 5.41 Å². The van der Waals surface area contributed by atoms with Crippen LogP contribution < -0.4 is 0 Å². The highest BCUT2D eigenvalue weighted by molar-refractivity contribution is 6.30. The highest BCUT2D eigenvalue weighted by Gasteiger charge is 2.39. The zero-order valence-corrected chi connectivity index (χ0v) is 20.1. The van der Waals surface area contributed by atoms with E-state index in [1.54, 1.807) is 0 Å². The molecule has 1 aliphatic carbocycles. The molecular formula is C33H25Cl. The topological polar surface area (TPSA) is 0 Å². The first-order valence-corrected chi connectivity index (χ1v) is 12.1. The number of hydrogen-bond acceptors (Lipinski definition) is 0. The molecule has 0 aliphatic heterocycles. The van der Waals surface area contributed by atoms with Crippen LogP contribution in [0.5, 0.6) is 0 Å². The second kappa shape index (κ2) is 8.01. The Kier molecular flexibility index (Phi) is 4.94. The van der Waals surface area contributed by atoms with Crippen molar-refractivity contribution >= 4 is 11.6 Å². The van der Waals surface area contributed by atoms with Crippen molar-refractivity contribution in [2.75, 3.05) is 0 Å². The smallest absolute Gasteiger partial charge is 0.0409 e. The molecule has 34 heavy (non-hydrogen) atoms. The van der Waals surface area contributed by atoms with E-state index in [1.807, 2.05) is 6.07 Å². The van der Waals surface area contributed by atoms with Gasteiger partial charge in [-0.15, -0.1) is 0 Å². The Bertz CT molecular complexity index is 1490. The van der Waals surface area contributed by atoms with Gasteiger partial charge in [-0.1, -0.05) is 129 Å². The van der Waals surface area contributed by atoms with Crippen LogP contribution in [0.4, 0.5) is 0 Å². The van der Waals surface area contributed by atoms with Crippen molar-refractivity contribution in [1.82, 2.24) is 0 Å². The van der Waals surface area contributed by atoms with Gasteiger partial charge in [-0.3, -0.25) is 0 Å². The van der Waals surface area contributed by atoms with E-state index in [-0.39, 0.29) is 5.41 Å². The summed E-state index contributed by atoms with van der Waals surface area (Å²) in [6.45, 7) is 4.64. The summed E-state index contributed by atoms with van der Waals surface area (Å²) in [6, 6.07) is 41.2. The molecule has 0 amide bonds. The van der Waals surface area contributed by atoms with Gasteiger partial charge in [-0.2, -0.15) is 0 Å². The molecule has 0 bridgehead atoms. The van der Waals surface area contributed by atoms with E-state index in [2.05, 4.69) is 123 Å². The van der Waals surface area contributed by atoms with Crippen LogP contribution in [0.15, 0.2) is 115 Å². The first-order valence-electron chi connectivity index (χ1n) is 11.7. The lowest BCUT2D eigenvalue weighted by Gasteiger charge is -2.25. The van der Waals surface area contributed by atoms with Crippen molar-refractivity contribution in [3.63, 3.8) is 0 Å². The van der Waals surface area contributed by atoms with Gasteiger partial charge in [0.15, 0.2) is 0 Å². The molecule has 5 aromatic rings. The van der Waals surface area contributed by atoms with E-state index in [4.69, 9.17) is 11.6 Å². The standard InChI is InChI=1S/C33H25Cl/c1-33(2)30-21-26(34)17-18-29(30)31-27(19-20-28(32(31)33)24-11-7-4-8-12-24)25-15-13-23(14-16-25)22-9-5-3-6-10-22/h3-21H,1-2H3. The molecule has 0 radical (unpaired) electrons. The van der Waals surface area contributed by atoms with Gasteiger partial charge in [-0.25, -0.2) is 0 Å². The minimum Gasteiger partial charge on any atom is -0.0843 e. The van der Waals surface area contributed by atoms with Crippen molar-refractivity contribution in [2.24, 2.45) is 0 Å². The van der Waals surface area contributed by atoms with Crippen molar-refractivity contribution in [3.05, 3.63) is 131 Å². The molecule has 0 aromatic heterocycles. The van der Waals surface area contributed by atoms with Crippen LogP contribution in [0.3, 0.4) is 0 Å². The number of rotatable bonds is 3. The minimum atomic E-state index is -0.152. The van der Waals surface area contributed by atoms with Gasteiger partial charge in [-0.05, 0) is 67.8 Å². The average Bonchev–Trinajstić information content (AvgIpc) is 3.11. The number of hydrogen-bond donors (Lipinski definition) is 0. The molecule has 0 spiro atoms. The van der Waals surface area contributed by atoms with Crippen LogP contribution in [0.1, 0.15) is 25.0 Å². The van der Waals surface area contributed by atoms with E-state index in [0.29, 0.717) is 0 Å². The maximum atomic E-state index is 6.48. The predicted octanol–water partition coefficient (Wildman–Crippen LogP) is 9.65. The Morgan fingerprint density at radius 1 is 0.500 bits per heavy atom. The van der Waals surface area contributed by atoms with Crippen molar-refractivity contribution < 1.29 is 0 Å². The van der Waals surface area contributed by atoms with E-state index in [1.165, 1.54) is 55.6 Å². The Labute approximate surface area is 206 Å². The van der Waals surface area contributed by atoms with Crippen molar-refractivity contribution in [3.8, 4) is 44.5 Å². The fourth-order valence-corrected chi connectivity index (χ4v) is 5.66. The summed E-state index contributed by atoms with van der Waals surface area (Å²) in [5.74, 6) is 0. The molecule has 0 N–H and O–H groups in total. The molecule has 0 saturated carbocycles. The molecular weight excluding hydrogens is 432 g/mol. The van der Waals surface area contributed by atoms with E-state index < -0.39 is 0 Å². The Morgan fingerprint density at radius 3 is 1.68 bits per heavy atom. The van der Waals surface area contributed by atoms with E-state index in [9.17, 15) is 0 Å². The Morgan fingerprint density at radius 2 is 1.00 bits per heavy atom. The van der Waals surface area contributed by atoms with Crippen LogP contribution >= 0.6 is 11.6 Å². The molecule has 0 atom stereocenters. The number of benzene rings is 5. The van der Waals surface area contributed by atoms with Crippen LogP contribution in [-0.4, -0.2) is 0 Å². The largest absolute Gasteiger partial charge is 0.0843 e. The lowest BCUT2D eigenvalue weighted by atomic mass is 9.78. The van der Waals surface area contributed by atoms with Gasteiger partial charge in [0.05, 0.1) is 0 Å². The fourth-order valence-electron chi connectivity index (χ4n) is 5.49. The Hall–Kier alpha value is -3.61. The molecule has 0 unspecified atom stereocenters. The van der Waals surface area contributed by atoms with Crippen molar-refractivity contribution in [2.45, 2.75) is 19.3 Å². The summed E-state index contributed by atoms with van der Waals surface area (Å²) in [5.41, 5.74) is 12.6. The summed E-state index contributed by atoms with van der Waals surface area (Å²) in [6.07, 6.45) is 0.